The van der Waals surface area contributed by atoms with Crippen molar-refractivity contribution in [2.45, 2.75) is 50.2 Å². The number of H-pyrrole nitrogens is 2. The van der Waals surface area contributed by atoms with E-state index in [9.17, 15) is 9.59 Å². The lowest BCUT2D eigenvalue weighted by molar-refractivity contribution is 0.0538. The van der Waals surface area contributed by atoms with Crippen LogP contribution in [0.5, 0.6) is 0 Å². The van der Waals surface area contributed by atoms with Crippen LogP contribution in [0, 0.1) is 5.92 Å². The Bertz CT molecular complexity index is 2060. The largest absolute Gasteiger partial charge is 0.441 e. The number of hydrogen-bond donors (Lipinski definition) is 2. The highest BCUT2D eigenvalue weighted by atomic mass is 16.4. The Morgan fingerprint density at radius 1 is 0.688 bits per heavy atom. The highest BCUT2D eigenvalue weighted by Crippen LogP contribution is 2.50. The van der Waals surface area contributed by atoms with Gasteiger partial charge in [0.2, 0.25) is 0 Å². The number of aromatic amines is 2. The molecule has 240 valence electrons. The molecule has 1 saturated carbocycles. The molecule has 0 spiro atoms. The van der Waals surface area contributed by atoms with E-state index in [2.05, 4.69) is 73.5 Å². The normalized spacial score (nSPS) is 21.8. The first kappa shape index (κ1) is 28.4. The first-order valence-corrected chi connectivity index (χ1v) is 16.3. The maximum Gasteiger partial charge on any atom is 0.310 e. The molecular formula is C36H32N8O4. The third-order valence-corrected chi connectivity index (χ3v) is 10.1. The van der Waals surface area contributed by atoms with Gasteiger partial charge in [0.15, 0.2) is 0 Å². The zero-order valence-electron chi connectivity index (χ0n) is 26.0. The minimum Gasteiger partial charge on any atom is -0.441 e. The van der Waals surface area contributed by atoms with Crippen LogP contribution in [-0.2, 0) is 0 Å². The van der Waals surface area contributed by atoms with Crippen LogP contribution in [0.15, 0.2) is 94.7 Å². The Morgan fingerprint density at radius 2 is 1.27 bits per heavy atom. The molecular weight excluding hydrogens is 608 g/mol. The molecule has 9 rings (SSSR count). The fourth-order valence-corrected chi connectivity index (χ4v) is 7.79. The molecule has 6 aromatic rings. The van der Waals surface area contributed by atoms with Gasteiger partial charge >= 0.3 is 11.8 Å². The van der Waals surface area contributed by atoms with Crippen molar-refractivity contribution in [2.75, 3.05) is 6.54 Å². The zero-order chi connectivity index (χ0) is 32.2. The molecule has 48 heavy (non-hydrogen) atoms. The molecule has 6 heterocycles. The highest BCUT2D eigenvalue weighted by molar-refractivity contribution is 5.91. The molecule has 2 saturated heterocycles. The Morgan fingerprint density at radius 3 is 1.90 bits per heavy atom. The van der Waals surface area contributed by atoms with E-state index >= 15 is 0 Å². The second-order valence-corrected chi connectivity index (χ2v) is 12.7. The number of piperidine rings is 1. The molecule has 12 heteroatoms. The van der Waals surface area contributed by atoms with Crippen molar-refractivity contribution < 1.29 is 18.4 Å². The van der Waals surface area contributed by atoms with E-state index in [-0.39, 0.29) is 41.7 Å². The average Bonchev–Trinajstić information content (AvgIpc) is 3.98. The molecule has 1 aliphatic carbocycles. The summed E-state index contributed by atoms with van der Waals surface area (Å²) < 4.78 is 10.6. The molecule has 2 aliphatic heterocycles. The first-order valence-electron chi connectivity index (χ1n) is 16.3. The quantitative estimate of drug-likeness (QED) is 0.202. The predicted octanol–water partition coefficient (Wildman–Crippen LogP) is 6.45. The van der Waals surface area contributed by atoms with Gasteiger partial charge < -0.3 is 28.6 Å². The van der Waals surface area contributed by atoms with Crippen molar-refractivity contribution in [3.63, 3.8) is 0 Å². The van der Waals surface area contributed by atoms with Gasteiger partial charge in [0, 0.05) is 12.6 Å². The standard InChI is InChI=1S/C36H32N8O4/c45-35(33-37-13-16-47-33)43-15-1-2-29(43)31-39-19-27(41-31)23-7-3-21(4-8-23)22-5-9-24(10-6-22)28-20-40-32(42-28)30-25-11-12-26(18-25)44(30)36(46)34-38-14-17-48-34/h3-10,13-14,16-17,19-20,25-26,29-30H,1-2,11-12,15,18H2,(H,39,41)(H,40,42)/t25-,26-,29-,30+/m0/s1. The molecule has 2 bridgehead atoms. The summed E-state index contributed by atoms with van der Waals surface area (Å²) in [7, 11) is 0. The van der Waals surface area contributed by atoms with E-state index in [0.717, 1.165) is 77.4 Å². The number of nitrogens with one attached hydrogen (secondary N) is 2. The minimum atomic E-state index is -0.216. The van der Waals surface area contributed by atoms with E-state index in [0.29, 0.717) is 12.5 Å². The lowest BCUT2D eigenvalue weighted by atomic mass is 9.98. The van der Waals surface area contributed by atoms with Crippen LogP contribution in [0.1, 0.15) is 77.2 Å². The van der Waals surface area contributed by atoms with E-state index < -0.39 is 0 Å². The molecule has 3 aliphatic rings. The third-order valence-electron chi connectivity index (χ3n) is 10.1. The van der Waals surface area contributed by atoms with Crippen LogP contribution >= 0.6 is 0 Å². The van der Waals surface area contributed by atoms with Gasteiger partial charge in [0.25, 0.3) is 11.8 Å². The van der Waals surface area contributed by atoms with Crippen LogP contribution in [0.25, 0.3) is 33.6 Å². The Labute approximate surface area is 275 Å². The summed E-state index contributed by atoms with van der Waals surface area (Å²) in [5, 5.41) is 0. The SMILES string of the molecule is O=C(c1ncco1)N1CCC[C@H]1c1ncc(-c2ccc(-c3ccc(-c4cnc([C@H]5[C@H]6CC[C@@H](C6)N5C(=O)c5ncco5)[nH]4)cc3)cc2)[nH]1. The number of hydrogen-bond acceptors (Lipinski definition) is 8. The van der Waals surface area contributed by atoms with Crippen molar-refractivity contribution in [2.24, 2.45) is 5.92 Å². The number of nitrogens with zero attached hydrogens (tertiary/aromatic N) is 6. The van der Waals surface area contributed by atoms with E-state index in [1.165, 1.54) is 24.9 Å². The number of fused-ring (bicyclic) bond motifs is 2. The number of likely N-dealkylation sites (tertiary alicyclic amines) is 2. The summed E-state index contributed by atoms with van der Waals surface area (Å²) in [6.07, 6.45) is 14.3. The Kier molecular flexibility index (Phi) is 6.80. The molecule has 4 aromatic heterocycles. The summed E-state index contributed by atoms with van der Waals surface area (Å²) in [4.78, 5) is 54.3. The Balaban J connectivity index is 0.891. The van der Waals surface area contributed by atoms with Crippen LogP contribution in [0.3, 0.4) is 0 Å². The zero-order valence-corrected chi connectivity index (χ0v) is 26.0. The molecule has 2 N–H and O–H groups in total. The number of amides is 2. The maximum absolute atomic E-state index is 13.3. The van der Waals surface area contributed by atoms with Crippen molar-refractivity contribution in [3.05, 3.63) is 109 Å². The second kappa shape index (κ2) is 11.5. The van der Waals surface area contributed by atoms with Gasteiger partial charge in [-0.3, -0.25) is 9.59 Å². The number of aromatic nitrogens is 6. The van der Waals surface area contributed by atoms with Gasteiger partial charge in [-0.05, 0) is 60.3 Å². The monoisotopic (exact) mass is 640 g/mol. The number of benzene rings is 2. The molecule has 2 aromatic carbocycles. The number of rotatable bonds is 7. The maximum atomic E-state index is 13.3. The number of carbonyl (C=O) groups is 2. The van der Waals surface area contributed by atoms with Gasteiger partial charge in [-0.25, -0.2) is 19.9 Å². The number of carbonyl (C=O) groups excluding carboxylic acids is 2. The van der Waals surface area contributed by atoms with Gasteiger partial charge in [-0.15, -0.1) is 0 Å². The van der Waals surface area contributed by atoms with Crippen molar-refractivity contribution in [3.8, 4) is 33.6 Å². The lowest BCUT2D eigenvalue weighted by Gasteiger charge is -2.33. The molecule has 3 fully saturated rings. The summed E-state index contributed by atoms with van der Waals surface area (Å²) in [6, 6.07) is 16.7. The van der Waals surface area contributed by atoms with Crippen molar-refractivity contribution in [1.82, 2.24) is 39.7 Å². The van der Waals surface area contributed by atoms with E-state index in [4.69, 9.17) is 13.8 Å². The van der Waals surface area contributed by atoms with E-state index in [1.54, 1.807) is 4.90 Å². The Hall–Kier alpha value is -5.78. The van der Waals surface area contributed by atoms with Gasteiger partial charge in [0.1, 0.15) is 24.2 Å². The average molecular weight is 641 g/mol. The molecule has 0 unspecified atom stereocenters. The van der Waals surface area contributed by atoms with E-state index in [1.807, 2.05) is 17.3 Å². The first-order chi connectivity index (χ1) is 23.6. The summed E-state index contributed by atoms with van der Waals surface area (Å²) in [5.41, 5.74) is 6.04. The molecule has 4 atom stereocenters. The predicted molar refractivity (Wildman–Crippen MR) is 173 cm³/mol. The fourth-order valence-electron chi connectivity index (χ4n) is 7.79. The minimum absolute atomic E-state index is 0.103. The molecule has 12 nitrogen and oxygen atoms in total. The van der Waals surface area contributed by atoms with Crippen molar-refractivity contribution >= 4 is 11.8 Å². The van der Waals surface area contributed by atoms with Gasteiger partial charge in [-0.2, -0.15) is 0 Å². The number of imidazole rings is 2. The van der Waals surface area contributed by atoms with Crippen LogP contribution < -0.4 is 0 Å². The van der Waals surface area contributed by atoms with Crippen LogP contribution in [0.4, 0.5) is 0 Å². The third kappa shape index (κ3) is 4.83. The summed E-state index contributed by atoms with van der Waals surface area (Å²) in [6.45, 7) is 0.641. The fraction of sp³-hybridized carbons (Fsp3) is 0.278. The van der Waals surface area contributed by atoms with Crippen molar-refractivity contribution in [1.29, 1.82) is 0 Å². The molecule has 2 amide bonds. The van der Waals surface area contributed by atoms with Crippen LogP contribution in [-0.4, -0.2) is 64.1 Å². The summed E-state index contributed by atoms with van der Waals surface area (Å²) >= 11 is 0. The lowest BCUT2D eigenvalue weighted by Crippen LogP contribution is -2.40. The smallest absolute Gasteiger partial charge is 0.310 e. The summed E-state index contributed by atoms with van der Waals surface area (Å²) in [5.74, 6) is 1.79. The number of oxazole rings is 2. The highest BCUT2D eigenvalue weighted by Gasteiger charge is 2.51. The van der Waals surface area contributed by atoms with Gasteiger partial charge in [-0.1, -0.05) is 48.5 Å². The second-order valence-electron chi connectivity index (χ2n) is 12.7. The van der Waals surface area contributed by atoms with Crippen LogP contribution in [0.2, 0.25) is 0 Å². The molecule has 0 radical (unpaired) electrons. The van der Waals surface area contributed by atoms with Gasteiger partial charge in [0.05, 0.1) is 48.3 Å². The topological polar surface area (TPSA) is 150 Å².